The molecular formula is C30H40O15. The van der Waals surface area contributed by atoms with Crippen LogP contribution in [0, 0.1) is 11.3 Å². The molecule has 0 radical (unpaired) electrons. The number of aliphatic hydroxyl groups is 3. The molecule has 1 saturated heterocycles. The number of rotatable bonds is 5. The van der Waals surface area contributed by atoms with E-state index >= 15 is 0 Å². The highest BCUT2D eigenvalue weighted by atomic mass is 16.6. The van der Waals surface area contributed by atoms with Gasteiger partial charge in [-0.2, -0.15) is 0 Å². The van der Waals surface area contributed by atoms with Gasteiger partial charge >= 0.3 is 35.8 Å². The number of hydrogen-bond acceptors (Lipinski definition) is 15. The van der Waals surface area contributed by atoms with Crippen LogP contribution in [0.1, 0.15) is 62.3 Å². The minimum absolute atomic E-state index is 0.00971. The molecule has 2 aliphatic carbocycles. The molecule has 1 aliphatic heterocycles. The molecule has 3 aliphatic rings. The molecule has 0 unspecified atom stereocenters. The SMILES string of the molecule is CC(=O)O[C@@H]1[C@@H](OC(C)=O)/C(C)=C\[C@@H]2OC(=O)[C@@](C)(O)[C@@]2(O)[C@@H](OC(C)=O)[C@H]2[C@](C)(O)[C@H](OC(C)=O)C=C[C@]2(C)[C@H]1OC(C)=O. The topological polar surface area (TPSA) is 218 Å². The van der Waals surface area contributed by atoms with Gasteiger partial charge in [0, 0.05) is 46.0 Å². The smallest absolute Gasteiger partial charge is 0.341 e. The van der Waals surface area contributed by atoms with Crippen LogP contribution in [-0.2, 0) is 57.2 Å². The van der Waals surface area contributed by atoms with Gasteiger partial charge in [0.2, 0.25) is 0 Å². The first-order valence-corrected chi connectivity index (χ1v) is 14.1. The van der Waals surface area contributed by atoms with E-state index in [9.17, 15) is 44.1 Å². The Morgan fingerprint density at radius 1 is 0.756 bits per heavy atom. The number of carbonyl (C=O) groups excluding carboxylic acids is 6. The van der Waals surface area contributed by atoms with Crippen molar-refractivity contribution < 1.29 is 72.5 Å². The predicted molar refractivity (Wildman–Crippen MR) is 148 cm³/mol. The first-order valence-electron chi connectivity index (χ1n) is 14.1. The molecule has 15 heteroatoms. The minimum atomic E-state index is -2.89. The average molecular weight is 641 g/mol. The summed E-state index contributed by atoms with van der Waals surface area (Å²) < 4.78 is 33.4. The third kappa shape index (κ3) is 6.20. The molecule has 0 aromatic carbocycles. The van der Waals surface area contributed by atoms with E-state index in [-0.39, 0.29) is 5.57 Å². The maximum atomic E-state index is 13.1. The summed E-state index contributed by atoms with van der Waals surface area (Å²) in [7, 11) is 0. The quantitative estimate of drug-likeness (QED) is 0.204. The first kappa shape index (κ1) is 35.7. The van der Waals surface area contributed by atoms with Gasteiger partial charge in [-0.15, -0.1) is 0 Å². The van der Waals surface area contributed by atoms with E-state index < -0.39 is 101 Å². The van der Waals surface area contributed by atoms with Crippen molar-refractivity contribution in [3.05, 3.63) is 23.8 Å². The number of hydrogen-bond donors (Lipinski definition) is 3. The molecule has 0 amide bonds. The summed E-state index contributed by atoms with van der Waals surface area (Å²) in [6.45, 7) is 10.1. The summed E-state index contributed by atoms with van der Waals surface area (Å²) in [4.78, 5) is 75.4. The Balaban J connectivity index is 2.60. The van der Waals surface area contributed by atoms with Gasteiger partial charge in [0.25, 0.3) is 0 Å². The van der Waals surface area contributed by atoms with Crippen molar-refractivity contribution in [3.8, 4) is 0 Å². The van der Waals surface area contributed by atoms with Gasteiger partial charge in [0.05, 0.1) is 0 Å². The fourth-order valence-electron chi connectivity index (χ4n) is 6.73. The minimum Gasteiger partial charge on any atom is -0.459 e. The maximum Gasteiger partial charge on any atom is 0.341 e. The van der Waals surface area contributed by atoms with Gasteiger partial charge in [-0.3, -0.25) is 24.0 Å². The molecule has 0 bridgehead atoms. The van der Waals surface area contributed by atoms with Crippen molar-refractivity contribution in [2.75, 3.05) is 0 Å². The zero-order valence-electron chi connectivity index (χ0n) is 26.5. The third-order valence-corrected chi connectivity index (χ3v) is 8.63. The lowest BCUT2D eigenvalue weighted by Crippen LogP contribution is -2.74. The summed E-state index contributed by atoms with van der Waals surface area (Å²) in [5.74, 6) is -7.64. The molecule has 0 spiro atoms. The Labute approximate surface area is 259 Å². The van der Waals surface area contributed by atoms with E-state index in [1.54, 1.807) is 0 Å². The van der Waals surface area contributed by atoms with Gasteiger partial charge in [0.1, 0.15) is 17.8 Å². The third-order valence-electron chi connectivity index (χ3n) is 8.63. The average Bonchev–Trinajstić information content (AvgIpc) is 3.04. The highest BCUT2D eigenvalue weighted by Gasteiger charge is 2.75. The first-order chi connectivity index (χ1) is 20.5. The van der Waals surface area contributed by atoms with Crippen molar-refractivity contribution in [2.45, 2.75) is 116 Å². The molecule has 1 fully saturated rings. The molecule has 11 atom stereocenters. The fourth-order valence-corrected chi connectivity index (χ4v) is 6.73. The standard InChI is InChI=1S/C30H40O15/c1-13-12-20-30(39,29(9,38)26(36)45-20)25(44-18(6)35)23-27(7,11-10-19(28(23,8)37)40-14(2)31)24(43-17(5)34)22(42-16(4)33)21(13)41-15(3)32/h10-12,19-25,37-39H,1-9H3/b13-12-/t19-,20+,21+,22-,23-,24+,25+,27+,28-,29-,30+/m1/s1. The zero-order chi connectivity index (χ0) is 34.4. The van der Waals surface area contributed by atoms with Gasteiger partial charge in [-0.05, 0) is 38.5 Å². The normalized spacial score (nSPS) is 42.0. The predicted octanol–water partition coefficient (Wildman–Crippen LogP) is -0.0444. The van der Waals surface area contributed by atoms with Crippen LogP contribution < -0.4 is 0 Å². The van der Waals surface area contributed by atoms with E-state index in [4.69, 9.17) is 28.4 Å². The van der Waals surface area contributed by atoms with Crippen LogP contribution in [0.4, 0.5) is 0 Å². The van der Waals surface area contributed by atoms with E-state index in [0.29, 0.717) is 0 Å². The molecule has 3 rings (SSSR count). The summed E-state index contributed by atoms with van der Waals surface area (Å²) >= 11 is 0. The second-order valence-corrected chi connectivity index (χ2v) is 12.3. The molecule has 250 valence electrons. The van der Waals surface area contributed by atoms with E-state index in [1.807, 2.05) is 0 Å². The highest BCUT2D eigenvalue weighted by Crippen LogP contribution is 2.56. The van der Waals surface area contributed by atoms with Crippen molar-refractivity contribution in [3.63, 3.8) is 0 Å². The van der Waals surface area contributed by atoms with Crippen molar-refractivity contribution in [2.24, 2.45) is 11.3 Å². The fraction of sp³-hybridized carbons (Fsp3) is 0.667. The van der Waals surface area contributed by atoms with Gasteiger partial charge in [-0.1, -0.05) is 13.0 Å². The number of carbonyl (C=O) groups is 6. The molecule has 0 aromatic rings. The van der Waals surface area contributed by atoms with Crippen LogP contribution in [-0.4, -0.2) is 105 Å². The van der Waals surface area contributed by atoms with Gasteiger partial charge < -0.3 is 43.7 Å². The Morgan fingerprint density at radius 2 is 1.24 bits per heavy atom. The lowest BCUT2D eigenvalue weighted by molar-refractivity contribution is -0.266. The molecule has 15 nitrogen and oxygen atoms in total. The molecule has 3 N–H and O–H groups in total. The van der Waals surface area contributed by atoms with Gasteiger partial charge in [0.15, 0.2) is 35.6 Å². The second kappa shape index (κ2) is 12.2. The summed E-state index contributed by atoms with van der Waals surface area (Å²) in [5.41, 5.74) is -9.95. The lowest BCUT2D eigenvalue weighted by atomic mass is 9.53. The molecule has 1 heterocycles. The molecular weight excluding hydrogens is 600 g/mol. The monoisotopic (exact) mass is 640 g/mol. The Bertz CT molecular complexity index is 1330. The summed E-state index contributed by atoms with van der Waals surface area (Å²) in [6, 6.07) is 0. The Morgan fingerprint density at radius 3 is 1.73 bits per heavy atom. The summed E-state index contributed by atoms with van der Waals surface area (Å²) in [5, 5.41) is 36.3. The largest absolute Gasteiger partial charge is 0.459 e. The second-order valence-electron chi connectivity index (χ2n) is 12.3. The molecule has 0 saturated carbocycles. The molecule has 0 aromatic heterocycles. The van der Waals surface area contributed by atoms with Crippen LogP contribution in [0.2, 0.25) is 0 Å². The van der Waals surface area contributed by atoms with E-state index in [1.165, 1.54) is 32.9 Å². The van der Waals surface area contributed by atoms with Crippen LogP contribution in [0.15, 0.2) is 23.8 Å². The number of esters is 6. The maximum absolute atomic E-state index is 13.1. The van der Waals surface area contributed by atoms with Crippen LogP contribution in [0.5, 0.6) is 0 Å². The Kier molecular flexibility index (Phi) is 9.65. The Hall–Kier alpha value is -3.82. The van der Waals surface area contributed by atoms with Crippen LogP contribution in [0.25, 0.3) is 0 Å². The number of ether oxygens (including phenoxy) is 6. The van der Waals surface area contributed by atoms with Crippen molar-refractivity contribution >= 4 is 35.8 Å². The van der Waals surface area contributed by atoms with E-state index in [0.717, 1.165) is 47.6 Å². The van der Waals surface area contributed by atoms with Crippen LogP contribution >= 0.6 is 0 Å². The van der Waals surface area contributed by atoms with Crippen LogP contribution in [0.3, 0.4) is 0 Å². The van der Waals surface area contributed by atoms with Crippen molar-refractivity contribution in [1.29, 1.82) is 0 Å². The highest BCUT2D eigenvalue weighted by molar-refractivity contribution is 5.84. The zero-order valence-corrected chi connectivity index (χ0v) is 26.5. The summed E-state index contributed by atoms with van der Waals surface area (Å²) in [6.07, 6.45) is -6.63. The molecule has 45 heavy (non-hydrogen) atoms. The lowest BCUT2D eigenvalue weighted by Gasteiger charge is -2.58. The van der Waals surface area contributed by atoms with E-state index in [2.05, 4.69) is 0 Å². The van der Waals surface area contributed by atoms with Crippen molar-refractivity contribution in [1.82, 2.24) is 0 Å². The number of fused-ring (bicyclic) bond motifs is 2. The van der Waals surface area contributed by atoms with Gasteiger partial charge in [-0.25, -0.2) is 4.79 Å².